The lowest BCUT2D eigenvalue weighted by Crippen LogP contribution is -2.32. The second-order valence-corrected chi connectivity index (χ2v) is 6.31. The summed E-state index contributed by atoms with van der Waals surface area (Å²) >= 11 is 0. The van der Waals surface area contributed by atoms with Crippen LogP contribution in [0.5, 0.6) is 0 Å². The standard InChI is InChI=1S/C21H16N4O2/c1-3-15-18(14-10-8-13(12-22)9-11-14)23-24(2)19(15)25-20(26)16-6-4-5-7-17(16)21(25)27/h4-11H,3H2,1-2H3. The van der Waals surface area contributed by atoms with E-state index in [0.717, 1.165) is 11.1 Å². The fourth-order valence-corrected chi connectivity index (χ4v) is 3.48. The molecule has 2 amide bonds. The lowest BCUT2D eigenvalue weighted by atomic mass is 10.0. The minimum absolute atomic E-state index is 0.334. The van der Waals surface area contributed by atoms with Crippen LogP contribution in [0.1, 0.15) is 38.8 Å². The maximum absolute atomic E-state index is 12.9. The number of aromatic nitrogens is 2. The molecule has 0 unspecified atom stereocenters. The van der Waals surface area contributed by atoms with Crippen molar-refractivity contribution in [3.63, 3.8) is 0 Å². The van der Waals surface area contributed by atoms with E-state index in [1.54, 1.807) is 48.1 Å². The molecule has 4 rings (SSSR count). The molecule has 132 valence electrons. The molecule has 2 heterocycles. The summed E-state index contributed by atoms with van der Waals surface area (Å²) in [5.74, 6) is -0.178. The van der Waals surface area contributed by atoms with Crippen LogP contribution in [-0.4, -0.2) is 21.6 Å². The second-order valence-electron chi connectivity index (χ2n) is 6.31. The van der Waals surface area contributed by atoms with Gasteiger partial charge in [0.25, 0.3) is 11.8 Å². The van der Waals surface area contributed by atoms with Crippen LogP contribution in [0.25, 0.3) is 11.3 Å². The number of carbonyl (C=O) groups excluding carboxylic acids is 2. The van der Waals surface area contributed by atoms with E-state index in [1.807, 2.05) is 19.1 Å². The summed E-state index contributed by atoms with van der Waals surface area (Å²) in [6, 6.07) is 16.0. The lowest BCUT2D eigenvalue weighted by Gasteiger charge is -2.16. The van der Waals surface area contributed by atoms with Crippen LogP contribution in [0, 0.1) is 11.3 Å². The normalized spacial score (nSPS) is 13.0. The van der Waals surface area contributed by atoms with Crippen LogP contribution >= 0.6 is 0 Å². The van der Waals surface area contributed by atoms with Gasteiger partial charge < -0.3 is 0 Å². The molecule has 2 aromatic carbocycles. The van der Waals surface area contributed by atoms with Gasteiger partial charge in [0.05, 0.1) is 28.5 Å². The summed E-state index contributed by atoms with van der Waals surface area (Å²) in [4.78, 5) is 27.0. The lowest BCUT2D eigenvalue weighted by molar-refractivity contribution is 0.0923. The molecular formula is C21H16N4O2. The van der Waals surface area contributed by atoms with Crippen molar-refractivity contribution in [1.82, 2.24) is 9.78 Å². The Morgan fingerprint density at radius 2 is 1.59 bits per heavy atom. The van der Waals surface area contributed by atoms with Gasteiger partial charge in [-0.2, -0.15) is 10.4 Å². The molecule has 1 aliphatic heterocycles. The Kier molecular flexibility index (Phi) is 3.85. The summed E-state index contributed by atoms with van der Waals surface area (Å²) < 4.78 is 1.58. The quantitative estimate of drug-likeness (QED) is 0.674. The Morgan fingerprint density at radius 1 is 1.00 bits per heavy atom. The molecule has 27 heavy (non-hydrogen) atoms. The third kappa shape index (κ3) is 2.44. The van der Waals surface area contributed by atoms with E-state index in [1.165, 1.54) is 4.90 Å². The van der Waals surface area contributed by atoms with Crippen LogP contribution in [0.3, 0.4) is 0 Å². The number of nitriles is 1. The number of hydrogen-bond donors (Lipinski definition) is 0. The third-order valence-electron chi connectivity index (χ3n) is 4.76. The molecule has 0 spiro atoms. The largest absolute Gasteiger partial charge is 0.268 e. The van der Waals surface area contributed by atoms with E-state index in [-0.39, 0.29) is 11.8 Å². The first-order chi connectivity index (χ1) is 13.1. The molecule has 0 N–H and O–H groups in total. The topological polar surface area (TPSA) is 79.0 Å². The van der Waals surface area contributed by atoms with Crippen LogP contribution in [-0.2, 0) is 13.5 Å². The van der Waals surface area contributed by atoms with Crippen LogP contribution in [0.4, 0.5) is 5.82 Å². The smallest absolute Gasteiger partial charge is 0.267 e. The minimum Gasteiger partial charge on any atom is -0.268 e. The Balaban J connectivity index is 1.86. The zero-order valence-corrected chi connectivity index (χ0v) is 14.9. The summed E-state index contributed by atoms with van der Waals surface area (Å²) in [6.07, 6.45) is 0.603. The Morgan fingerprint density at radius 3 is 2.11 bits per heavy atom. The third-order valence-corrected chi connectivity index (χ3v) is 4.76. The zero-order valence-electron chi connectivity index (χ0n) is 14.9. The van der Waals surface area contributed by atoms with Crippen molar-refractivity contribution in [1.29, 1.82) is 5.26 Å². The minimum atomic E-state index is -0.334. The molecule has 1 aliphatic rings. The van der Waals surface area contributed by atoms with Gasteiger partial charge in [0.2, 0.25) is 0 Å². The van der Waals surface area contributed by atoms with Crippen LogP contribution in [0.15, 0.2) is 48.5 Å². The predicted octanol–water partition coefficient (Wildman–Crippen LogP) is 3.32. The van der Waals surface area contributed by atoms with Gasteiger partial charge in [-0.1, -0.05) is 31.2 Å². The second kappa shape index (κ2) is 6.22. The highest BCUT2D eigenvalue weighted by molar-refractivity contribution is 6.34. The molecule has 1 aromatic heterocycles. The molecule has 6 nitrogen and oxygen atoms in total. The molecule has 0 aliphatic carbocycles. The Bertz CT molecular complexity index is 1090. The summed E-state index contributed by atoms with van der Waals surface area (Å²) in [6.45, 7) is 1.96. The van der Waals surface area contributed by atoms with Gasteiger partial charge >= 0.3 is 0 Å². The predicted molar refractivity (Wildman–Crippen MR) is 100 cm³/mol. The number of amides is 2. The molecular weight excluding hydrogens is 340 g/mol. The number of nitrogens with zero attached hydrogens (tertiary/aromatic N) is 4. The van der Waals surface area contributed by atoms with Gasteiger partial charge in [0.1, 0.15) is 5.82 Å². The SMILES string of the molecule is CCc1c(-c2ccc(C#N)cc2)nn(C)c1N1C(=O)c2ccccc2C1=O. The summed E-state index contributed by atoms with van der Waals surface area (Å²) in [5.41, 5.74) is 3.74. The van der Waals surface area contributed by atoms with Crippen molar-refractivity contribution in [2.45, 2.75) is 13.3 Å². The van der Waals surface area contributed by atoms with Crippen molar-refractivity contribution in [2.24, 2.45) is 7.05 Å². The maximum atomic E-state index is 12.9. The van der Waals surface area contributed by atoms with Gasteiger partial charge in [-0.25, -0.2) is 4.90 Å². The highest BCUT2D eigenvalue weighted by atomic mass is 16.2. The molecule has 0 atom stereocenters. The number of imide groups is 1. The molecule has 6 heteroatoms. The van der Waals surface area contributed by atoms with Gasteiger partial charge in [-0.05, 0) is 30.7 Å². The fourth-order valence-electron chi connectivity index (χ4n) is 3.48. The van der Waals surface area contributed by atoms with E-state index in [4.69, 9.17) is 5.26 Å². The van der Waals surface area contributed by atoms with Crippen molar-refractivity contribution in [3.8, 4) is 17.3 Å². The Hall–Kier alpha value is -3.72. The summed E-state index contributed by atoms with van der Waals surface area (Å²) in [5, 5.41) is 13.6. The van der Waals surface area contributed by atoms with Crippen LogP contribution in [0.2, 0.25) is 0 Å². The molecule has 0 fully saturated rings. The average Bonchev–Trinajstić information content (AvgIpc) is 3.16. The van der Waals surface area contributed by atoms with Crippen molar-refractivity contribution >= 4 is 17.6 Å². The molecule has 0 saturated heterocycles. The number of fused-ring (bicyclic) bond motifs is 1. The summed E-state index contributed by atoms with van der Waals surface area (Å²) in [7, 11) is 1.73. The van der Waals surface area contributed by atoms with Crippen molar-refractivity contribution in [2.75, 3.05) is 4.90 Å². The van der Waals surface area contributed by atoms with E-state index < -0.39 is 0 Å². The van der Waals surface area contributed by atoms with Crippen molar-refractivity contribution in [3.05, 3.63) is 70.8 Å². The van der Waals surface area contributed by atoms with Gasteiger partial charge in [0.15, 0.2) is 0 Å². The molecule has 3 aromatic rings. The van der Waals surface area contributed by atoms with Gasteiger partial charge in [-0.15, -0.1) is 0 Å². The first-order valence-electron chi connectivity index (χ1n) is 8.61. The molecule has 0 saturated carbocycles. The van der Waals surface area contributed by atoms with E-state index >= 15 is 0 Å². The highest BCUT2D eigenvalue weighted by Crippen LogP contribution is 2.35. The first kappa shape index (κ1) is 16.7. The maximum Gasteiger partial charge on any atom is 0.267 e. The average molecular weight is 356 g/mol. The van der Waals surface area contributed by atoms with E-state index in [9.17, 15) is 9.59 Å². The molecule has 0 bridgehead atoms. The zero-order chi connectivity index (χ0) is 19.1. The fraction of sp³-hybridized carbons (Fsp3) is 0.143. The number of anilines is 1. The van der Waals surface area contributed by atoms with E-state index in [0.29, 0.717) is 34.6 Å². The number of rotatable bonds is 3. The number of aryl methyl sites for hydroxylation is 1. The molecule has 0 radical (unpaired) electrons. The van der Waals surface area contributed by atoms with Gasteiger partial charge in [0, 0.05) is 18.2 Å². The van der Waals surface area contributed by atoms with E-state index in [2.05, 4.69) is 11.2 Å². The highest BCUT2D eigenvalue weighted by Gasteiger charge is 2.39. The number of benzene rings is 2. The van der Waals surface area contributed by atoms with Crippen LogP contribution < -0.4 is 4.90 Å². The first-order valence-corrected chi connectivity index (χ1v) is 8.61. The number of carbonyl (C=O) groups is 2. The monoisotopic (exact) mass is 356 g/mol. The van der Waals surface area contributed by atoms with Crippen molar-refractivity contribution < 1.29 is 9.59 Å². The number of hydrogen-bond acceptors (Lipinski definition) is 4. The van der Waals surface area contributed by atoms with Gasteiger partial charge in [-0.3, -0.25) is 14.3 Å². The Labute approximate surface area is 156 Å².